The highest BCUT2D eigenvalue weighted by molar-refractivity contribution is 5.69. The van der Waals surface area contributed by atoms with Crippen LogP contribution in [0.4, 0.5) is 9.59 Å². The zero-order chi connectivity index (χ0) is 19.4. The second-order valence-corrected chi connectivity index (χ2v) is 7.82. The summed E-state index contributed by atoms with van der Waals surface area (Å²) in [5.74, 6) is 0. The van der Waals surface area contributed by atoms with Crippen molar-refractivity contribution < 1.29 is 29.0 Å². The molecular weight excluding hydrogens is 336 g/mol. The summed E-state index contributed by atoms with van der Waals surface area (Å²) in [7, 11) is 0. The van der Waals surface area contributed by atoms with Crippen molar-refractivity contribution in [2.45, 2.75) is 45.4 Å². The molecule has 1 aliphatic heterocycles. The lowest BCUT2D eigenvalue weighted by Gasteiger charge is -2.45. The van der Waals surface area contributed by atoms with Crippen molar-refractivity contribution in [1.82, 2.24) is 4.90 Å². The fraction of sp³-hybridized carbons (Fsp3) is 0.579. The predicted octanol–water partition coefficient (Wildman–Crippen LogP) is 2.68. The molecule has 0 aromatic heterocycles. The van der Waals surface area contributed by atoms with Gasteiger partial charge >= 0.3 is 12.2 Å². The van der Waals surface area contributed by atoms with E-state index in [-0.39, 0.29) is 30.2 Å². The minimum atomic E-state index is -0.916. The minimum absolute atomic E-state index is 0.116. The molecule has 2 amide bonds. The van der Waals surface area contributed by atoms with Crippen LogP contribution in [0.2, 0.25) is 0 Å². The summed E-state index contributed by atoms with van der Waals surface area (Å²) in [6.07, 6.45) is -1.05. The van der Waals surface area contributed by atoms with Gasteiger partial charge in [-0.2, -0.15) is 4.79 Å². The quantitative estimate of drug-likeness (QED) is 0.801. The monoisotopic (exact) mass is 365 g/mol. The molecular formula is C19H29N2O5+. The van der Waals surface area contributed by atoms with Gasteiger partial charge in [0.05, 0.1) is 12.6 Å². The summed E-state index contributed by atoms with van der Waals surface area (Å²) < 4.78 is 5.29. The number of hydrogen-bond acceptors (Lipinski definition) is 4. The van der Waals surface area contributed by atoms with E-state index >= 15 is 0 Å². The molecule has 0 bridgehead atoms. The molecule has 1 saturated heterocycles. The second kappa shape index (κ2) is 8.05. The SMILES string of the molecule is CC(C)(C)OC(=O)N1CC[N+](Cc2ccccc2)(C(=O)O)C[C@H]1CCO. The summed E-state index contributed by atoms with van der Waals surface area (Å²) in [4.78, 5) is 26.2. The molecule has 1 aromatic carbocycles. The van der Waals surface area contributed by atoms with Gasteiger partial charge in [-0.05, 0) is 27.2 Å². The summed E-state index contributed by atoms with van der Waals surface area (Å²) in [6, 6.07) is 9.09. The number of rotatable bonds is 4. The first-order valence-electron chi connectivity index (χ1n) is 8.91. The van der Waals surface area contributed by atoms with Crippen LogP contribution in [-0.4, -0.2) is 69.7 Å². The number of quaternary nitrogens is 1. The fourth-order valence-corrected chi connectivity index (χ4v) is 3.35. The number of piperazine rings is 1. The van der Waals surface area contributed by atoms with E-state index in [9.17, 15) is 19.8 Å². The highest BCUT2D eigenvalue weighted by atomic mass is 16.6. The smallest absolute Gasteiger partial charge is 0.444 e. The van der Waals surface area contributed by atoms with Gasteiger partial charge in [-0.25, -0.2) is 9.28 Å². The number of nitrogens with zero attached hydrogens (tertiary/aromatic N) is 2. The molecule has 1 aliphatic rings. The maximum absolute atomic E-state index is 12.5. The van der Waals surface area contributed by atoms with Crippen molar-refractivity contribution in [3.05, 3.63) is 35.9 Å². The Labute approximate surface area is 154 Å². The van der Waals surface area contributed by atoms with E-state index in [4.69, 9.17) is 4.74 Å². The van der Waals surface area contributed by atoms with Gasteiger partial charge in [-0.3, -0.25) is 4.90 Å². The Kier molecular flexibility index (Phi) is 6.26. The van der Waals surface area contributed by atoms with Gasteiger partial charge in [-0.1, -0.05) is 30.3 Å². The first-order valence-corrected chi connectivity index (χ1v) is 8.91. The largest absolute Gasteiger partial charge is 0.513 e. The molecule has 0 aliphatic carbocycles. The number of benzene rings is 1. The summed E-state index contributed by atoms with van der Waals surface area (Å²) in [5, 5.41) is 19.3. The number of aliphatic hydroxyl groups excluding tert-OH is 1. The lowest BCUT2D eigenvalue weighted by Crippen LogP contribution is -2.66. The molecule has 144 valence electrons. The van der Waals surface area contributed by atoms with Crippen molar-refractivity contribution in [2.24, 2.45) is 0 Å². The summed E-state index contributed by atoms with van der Waals surface area (Å²) in [6.45, 7) is 6.43. The third kappa shape index (κ3) is 4.95. The first kappa shape index (κ1) is 20.2. The number of aliphatic hydroxyl groups is 1. The Balaban J connectivity index is 2.22. The minimum Gasteiger partial charge on any atom is -0.444 e. The normalized spacial score (nSPS) is 23.5. The molecule has 0 radical (unpaired) electrons. The summed E-state index contributed by atoms with van der Waals surface area (Å²) in [5.41, 5.74) is 0.310. The topological polar surface area (TPSA) is 87.1 Å². The van der Waals surface area contributed by atoms with Crippen molar-refractivity contribution in [2.75, 3.05) is 26.2 Å². The van der Waals surface area contributed by atoms with Crippen molar-refractivity contribution in [3.8, 4) is 0 Å². The van der Waals surface area contributed by atoms with Crippen molar-refractivity contribution in [1.29, 1.82) is 0 Å². The lowest BCUT2D eigenvalue weighted by atomic mass is 10.0. The van der Waals surface area contributed by atoms with E-state index in [1.165, 1.54) is 0 Å². The van der Waals surface area contributed by atoms with Gasteiger partial charge in [0.15, 0.2) is 0 Å². The van der Waals surface area contributed by atoms with Crippen LogP contribution in [0, 0.1) is 0 Å². The maximum Gasteiger partial charge on any atom is 0.513 e. The van der Waals surface area contributed by atoms with E-state index in [0.29, 0.717) is 19.5 Å². The predicted molar refractivity (Wildman–Crippen MR) is 96.6 cm³/mol. The van der Waals surface area contributed by atoms with Crippen LogP contribution >= 0.6 is 0 Å². The number of amides is 2. The van der Waals surface area contributed by atoms with E-state index in [1.807, 2.05) is 30.3 Å². The molecule has 1 aromatic rings. The van der Waals surface area contributed by atoms with Gasteiger partial charge < -0.3 is 14.9 Å². The number of ether oxygens (including phenoxy) is 1. The van der Waals surface area contributed by atoms with Crippen molar-refractivity contribution in [3.63, 3.8) is 0 Å². The second-order valence-electron chi connectivity index (χ2n) is 7.82. The number of hydrogen-bond donors (Lipinski definition) is 2. The standard InChI is InChI=1S/C19H28N2O5/c1-19(2,3)26-17(23)20-10-11-21(18(24)25,14-16(20)9-12-22)13-15-7-5-4-6-8-15/h4-8,16,22H,9-14H2,1-3H3/p+1/t16-,21?/m1/s1. The van der Waals surface area contributed by atoms with Crippen LogP contribution in [0.5, 0.6) is 0 Å². The number of carboxylic acid groups (broad SMARTS) is 1. The first-order chi connectivity index (χ1) is 12.2. The molecule has 1 fully saturated rings. The Bertz CT molecular complexity index is 629. The van der Waals surface area contributed by atoms with Crippen LogP contribution in [0.1, 0.15) is 32.8 Å². The molecule has 7 heteroatoms. The third-order valence-electron chi connectivity index (χ3n) is 4.59. The Morgan fingerprint density at radius 2 is 1.92 bits per heavy atom. The van der Waals surface area contributed by atoms with Crippen LogP contribution in [0.25, 0.3) is 0 Å². The highest BCUT2D eigenvalue weighted by Gasteiger charge is 2.47. The van der Waals surface area contributed by atoms with E-state index < -0.39 is 17.8 Å². The van der Waals surface area contributed by atoms with Crippen molar-refractivity contribution >= 4 is 12.2 Å². The average molecular weight is 365 g/mol. The molecule has 0 spiro atoms. The van der Waals surface area contributed by atoms with Gasteiger partial charge in [0, 0.05) is 12.2 Å². The molecule has 2 rings (SSSR count). The lowest BCUT2D eigenvalue weighted by molar-refractivity contribution is -0.878. The Morgan fingerprint density at radius 1 is 1.27 bits per heavy atom. The van der Waals surface area contributed by atoms with Gasteiger partial charge in [0.1, 0.15) is 25.2 Å². The maximum atomic E-state index is 12.5. The van der Waals surface area contributed by atoms with E-state index in [0.717, 1.165) is 5.56 Å². The summed E-state index contributed by atoms with van der Waals surface area (Å²) >= 11 is 0. The van der Waals surface area contributed by atoms with Crippen LogP contribution in [-0.2, 0) is 11.3 Å². The number of carbonyl (C=O) groups excluding carboxylic acids is 1. The highest BCUT2D eigenvalue weighted by Crippen LogP contribution is 2.26. The van der Waals surface area contributed by atoms with Crippen LogP contribution < -0.4 is 0 Å². The Hall–Kier alpha value is -2.12. The van der Waals surface area contributed by atoms with Gasteiger partial charge in [0.2, 0.25) is 0 Å². The molecule has 1 unspecified atom stereocenters. The zero-order valence-electron chi connectivity index (χ0n) is 15.7. The molecule has 2 atom stereocenters. The molecule has 2 N–H and O–H groups in total. The van der Waals surface area contributed by atoms with Crippen LogP contribution in [0.15, 0.2) is 30.3 Å². The van der Waals surface area contributed by atoms with E-state index in [1.54, 1.807) is 25.7 Å². The molecule has 1 heterocycles. The average Bonchev–Trinajstić information content (AvgIpc) is 2.54. The molecule has 7 nitrogen and oxygen atoms in total. The van der Waals surface area contributed by atoms with Gasteiger partial charge in [-0.15, -0.1) is 0 Å². The zero-order valence-corrected chi connectivity index (χ0v) is 15.7. The third-order valence-corrected chi connectivity index (χ3v) is 4.59. The van der Waals surface area contributed by atoms with Gasteiger partial charge in [0.25, 0.3) is 0 Å². The fourth-order valence-electron chi connectivity index (χ4n) is 3.35. The number of carbonyl (C=O) groups is 2. The Morgan fingerprint density at radius 3 is 2.46 bits per heavy atom. The molecule has 0 saturated carbocycles. The molecule has 26 heavy (non-hydrogen) atoms. The van der Waals surface area contributed by atoms with E-state index in [2.05, 4.69) is 0 Å². The van der Waals surface area contributed by atoms with Crippen LogP contribution in [0.3, 0.4) is 0 Å².